The predicted octanol–water partition coefficient (Wildman–Crippen LogP) is 3.67. The van der Waals surface area contributed by atoms with Crippen LogP contribution in [0.5, 0.6) is 5.75 Å². The van der Waals surface area contributed by atoms with E-state index in [4.69, 9.17) is 10.3 Å². The number of aliphatic hydroxyl groups excluding tert-OH is 1. The Hall–Kier alpha value is -0.540. The minimum Gasteiger partial charge on any atom is -0.443 e. The topological polar surface area (TPSA) is 72.5 Å². The predicted molar refractivity (Wildman–Crippen MR) is 93.3 cm³/mol. The van der Waals surface area contributed by atoms with Crippen molar-refractivity contribution in [3.63, 3.8) is 0 Å². The van der Waals surface area contributed by atoms with Crippen molar-refractivity contribution < 1.29 is 14.2 Å². The van der Waals surface area contributed by atoms with Crippen molar-refractivity contribution >= 4 is 19.8 Å². The van der Waals surface area contributed by atoms with Gasteiger partial charge in [-0.2, -0.15) is 0 Å². The molecule has 2 rings (SSSR count). The largest absolute Gasteiger partial charge is 0.443 e. The van der Waals surface area contributed by atoms with E-state index in [-0.39, 0.29) is 25.1 Å². The van der Waals surface area contributed by atoms with E-state index in [9.17, 15) is 9.67 Å². The molecule has 1 aliphatic carbocycles. The Morgan fingerprint density at radius 2 is 1.86 bits per heavy atom. The van der Waals surface area contributed by atoms with Crippen molar-refractivity contribution in [2.45, 2.75) is 38.2 Å². The van der Waals surface area contributed by atoms with E-state index in [1.807, 2.05) is 30.3 Å². The first-order chi connectivity index (χ1) is 10.1. The molecular weight excluding hydrogens is 321 g/mol. The van der Waals surface area contributed by atoms with Gasteiger partial charge in [0.15, 0.2) is 0 Å². The molecule has 0 saturated heterocycles. The number of hydrogen-bond donors (Lipinski definition) is 2. The summed E-state index contributed by atoms with van der Waals surface area (Å²) in [5, 5.41) is 9.82. The van der Waals surface area contributed by atoms with Gasteiger partial charge in [0.1, 0.15) is 5.75 Å². The maximum atomic E-state index is 13.2. The average molecular weight is 348 g/mol. The van der Waals surface area contributed by atoms with E-state index in [1.54, 1.807) is 0 Å². The number of hydrogen-bond acceptors (Lipinski definition) is 4. The minimum absolute atomic E-state index is 0. The Morgan fingerprint density at radius 3 is 2.45 bits per heavy atom. The summed E-state index contributed by atoms with van der Waals surface area (Å²) < 4.78 is 19.0. The highest BCUT2D eigenvalue weighted by Crippen LogP contribution is 2.51. The molecule has 1 fully saturated rings. The molecule has 1 aliphatic rings. The van der Waals surface area contributed by atoms with Crippen LogP contribution >= 0.6 is 19.8 Å². The molecule has 1 aromatic rings. The van der Waals surface area contributed by atoms with Crippen molar-refractivity contribution in [3.8, 4) is 5.75 Å². The summed E-state index contributed by atoms with van der Waals surface area (Å²) >= 11 is 0. The van der Waals surface area contributed by atoms with Crippen molar-refractivity contribution in [2.24, 2.45) is 11.7 Å². The lowest BCUT2D eigenvalue weighted by Crippen LogP contribution is -2.27. The van der Waals surface area contributed by atoms with Gasteiger partial charge in [0.05, 0.1) is 12.3 Å². The van der Waals surface area contributed by atoms with E-state index in [0.29, 0.717) is 17.8 Å². The lowest BCUT2D eigenvalue weighted by molar-refractivity contribution is 0.202. The van der Waals surface area contributed by atoms with Gasteiger partial charge in [0, 0.05) is 12.7 Å². The fourth-order valence-electron chi connectivity index (χ4n) is 2.98. The Balaban J connectivity index is 0.00000242. The summed E-state index contributed by atoms with van der Waals surface area (Å²) in [6.07, 6.45) is 5.84. The maximum absolute atomic E-state index is 13.2. The van der Waals surface area contributed by atoms with Gasteiger partial charge in [-0.05, 0) is 30.9 Å². The first-order valence-electron chi connectivity index (χ1n) is 7.82. The quantitative estimate of drug-likeness (QED) is 0.738. The average Bonchev–Trinajstić information content (AvgIpc) is 2.48. The van der Waals surface area contributed by atoms with Crippen molar-refractivity contribution in [1.29, 1.82) is 0 Å². The van der Waals surface area contributed by atoms with Gasteiger partial charge < -0.3 is 15.4 Å². The fraction of sp³-hybridized carbons (Fsp3) is 0.625. The summed E-state index contributed by atoms with van der Waals surface area (Å²) in [7, 11) is -2.91. The first kappa shape index (κ1) is 19.5. The van der Waals surface area contributed by atoms with Crippen LogP contribution in [0.3, 0.4) is 0 Å². The molecule has 1 aromatic carbocycles. The number of aliphatic hydroxyl groups is 1. The van der Waals surface area contributed by atoms with Crippen LogP contribution in [-0.4, -0.2) is 30.1 Å². The summed E-state index contributed by atoms with van der Waals surface area (Å²) in [6.45, 7) is 0.118. The molecule has 4 nitrogen and oxygen atoms in total. The lowest BCUT2D eigenvalue weighted by atomic mass is 9.91. The van der Waals surface area contributed by atoms with Gasteiger partial charge in [-0.25, -0.2) is 0 Å². The van der Waals surface area contributed by atoms with Gasteiger partial charge in [-0.3, -0.25) is 4.57 Å². The molecule has 1 saturated carbocycles. The van der Waals surface area contributed by atoms with Crippen molar-refractivity contribution in [1.82, 2.24) is 0 Å². The number of rotatable bonds is 7. The molecule has 0 bridgehead atoms. The Kier molecular flexibility index (Phi) is 8.48. The van der Waals surface area contributed by atoms with Crippen molar-refractivity contribution in [2.75, 3.05) is 18.9 Å². The van der Waals surface area contributed by atoms with Crippen LogP contribution < -0.4 is 10.3 Å². The Morgan fingerprint density at radius 1 is 1.23 bits per heavy atom. The summed E-state index contributed by atoms with van der Waals surface area (Å²) in [5.74, 6) is 1.05. The fourth-order valence-corrected chi connectivity index (χ4v) is 5.73. The third-order valence-electron chi connectivity index (χ3n) is 4.04. The molecule has 0 heterocycles. The summed E-state index contributed by atoms with van der Waals surface area (Å²) in [4.78, 5) is 0. The summed E-state index contributed by atoms with van der Waals surface area (Å²) in [5.41, 5.74) is 5.48. The number of para-hydroxylation sites is 1. The molecule has 0 radical (unpaired) electrons. The van der Waals surface area contributed by atoms with Crippen LogP contribution in [0.1, 0.15) is 32.1 Å². The molecule has 0 spiro atoms. The third kappa shape index (κ3) is 6.29. The van der Waals surface area contributed by atoms with Gasteiger partial charge >= 0.3 is 0 Å². The molecule has 2 atom stereocenters. The van der Waals surface area contributed by atoms with Gasteiger partial charge in [0.25, 0.3) is 7.37 Å². The van der Waals surface area contributed by atoms with Crippen LogP contribution in [0, 0.1) is 5.92 Å². The molecular formula is C16H27ClNO3P. The smallest absolute Gasteiger partial charge is 0.250 e. The minimum atomic E-state index is -2.91. The molecule has 0 aromatic heterocycles. The van der Waals surface area contributed by atoms with Crippen LogP contribution in [-0.2, 0) is 4.57 Å². The van der Waals surface area contributed by atoms with E-state index in [2.05, 4.69) is 0 Å². The van der Waals surface area contributed by atoms with Gasteiger partial charge in [-0.15, -0.1) is 12.4 Å². The second-order valence-corrected chi connectivity index (χ2v) is 8.52. The molecule has 22 heavy (non-hydrogen) atoms. The molecule has 3 N–H and O–H groups in total. The van der Waals surface area contributed by atoms with Gasteiger partial charge in [-0.1, -0.05) is 37.5 Å². The van der Waals surface area contributed by atoms with Crippen LogP contribution in [0.4, 0.5) is 0 Å². The van der Waals surface area contributed by atoms with Crippen LogP contribution in [0.25, 0.3) is 0 Å². The number of nitrogens with two attached hydrogens (primary N) is 1. The van der Waals surface area contributed by atoms with E-state index in [1.165, 1.54) is 19.3 Å². The maximum Gasteiger partial charge on any atom is 0.250 e. The monoisotopic (exact) mass is 347 g/mol. The number of benzene rings is 1. The molecule has 126 valence electrons. The van der Waals surface area contributed by atoms with Crippen LogP contribution in [0.2, 0.25) is 0 Å². The zero-order valence-electron chi connectivity index (χ0n) is 12.9. The van der Waals surface area contributed by atoms with Crippen molar-refractivity contribution in [3.05, 3.63) is 30.3 Å². The Bertz CT molecular complexity index is 466. The highest BCUT2D eigenvalue weighted by atomic mass is 35.5. The highest BCUT2D eigenvalue weighted by Gasteiger charge is 2.32. The second kappa shape index (κ2) is 9.57. The first-order valence-corrected chi connectivity index (χ1v) is 9.82. The molecule has 6 heteroatoms. The van der Waals surface area contributed by atoms with E-state index in [0.717, 1.165) is 12.8 Å². The zero-order valence-corrected chi connectivity index (χ0v) is 14.6. The molecule has 0 aliphatic heterocycles. The lowest BCUT2D eigenvalue weighted by Gasteiger charge is -2.28. The molecule has 2 unspecified atom stereocenters. The Labute approximate surface area is 139 Å². The zero-order chi connectivity index (χ0) is 15.1. The van der Waals surface area contributed by atoms with Gasteiger partial charge in [0.2, 0.25) is 0 Å². The highest BCUT2D eigenvalue weighted by molar-refractivity contribution is 7.59. The van der Waals surface area contributed by atoms with Crippen LogP contribution in [0.15, 0.2) is 30.3 Å². The standard InChI is InChI=1S/C16H26NO3P.ClH/c17-11-15(18)13-21(19,12-14-7-3-1-4-8-14)20-16-9-5-2-6-10-16;/h2,5-6,9-10,14-15,18H,1,3-4,7-8,11-13,17H2;1H. The molecule has 0 amide bonds. The normalized spacial score (nSPS) is 19.7. The van der Waals surface area contributed by atoms with E-state index >= 15 is 0 Å². The van der Waals surface area contributed by atoms with E-state index < -0.39 is 13.5 Å². The second-order valence-electron chi connectivity index (χ2n) is 5.98. The summed E-state index contributed by atoms with van der Waals surface area (Å²) in [6, 6.07) is 9.23. The number of halogens is 1. The SMILES string of the molecule is Cl.NCC(O)CP(=O)(CC1CCCCC1)Oc1ccccc1. The third-order valence-corrected chi connectivity index (χ3v) is 6.63.